The molecule has 0 aliphatic carbocycles. The predicted molar refractivity (Wildman–Crippen MR) is 93.7 cm³/mol. The maximum Gasteiger partial charge on any atom is 0.254 e. The number of carbonyl (C=O) groups is 1. The number of ether oxygens (including phenoxy) is 1. The molecular formula is C19H28F2N2O2. The van der Waals surface area contributed by atoms with Crippen LogP contribution in [0.15, 0.2) is 18.2 Å². The fourth-order valence-corrected chi connectivity index (χ4v) is 2.94. The zero-order valence-electron chi connectivity index (χ0n) is 15.0. The average molecular weight is 354 g/mol. The molecule has 25 heavy (non-hydrogen) atoms. The Labute approximate surface area is 148 Å². The molecule has 6 heteroatoms. The highest BCUT2D eigenvalue weighted by atomic mass is 19.2. The summed E-state index contributed by atoms with van der Waals surface area (Å²) in [6.45, 7) is 7.30. The van der Waals surface area contributed by atoms with Gasteiger partial charge in [0.05, 0.1) is 13.2 Å². The van der Waals surface area contributed by atoms with Gasteiger partial charge in [0.25, 0.3) is 5.91 Å². The van der Waals surface area contributed by atoms with Crippen molar-refractivity contribution in [1.82, 2.24) is 9.80 Å². The Hall–Kier alpha value is -1.53. The Balaban J connectivity index is 1.97. The van der Waals surface area contributed by atoms with E-state index in [0.29, 0.717) is 26.3 Å². The van der Waals surface area contributed by atoms with Crippen LogP contribution in [0.3, 0.4) is 0 Å². The molecule has 0 radical (unpaired) electrons. The molecule has 1 aliphatic heterocycles. The Morgan fingerprint density at radius 3 is 2.56 bits per heavy atom. The lowest BCUT2D eigenvalue weighted by atomic mass is 10.1. The first-order valence-corrected chi connectivity index (χ1v) is 9.16. The molecule has 1 saturated heterocycles. The molecule has 1 aromatic rings. The lowest BCUT2D eigenvalue weighted by Gasteiger charge is -2.30. The number of halogens is 2. The molecule has 1 amide bonds. The van der Waals surface area contributed by atoms with Gasteiger partial charge in [-0.1, -0.05) is 26.2 Å². The van der Waals surface area contributed by atoms with Gasteiger partial charge in [-0.3, -0.25) is 9.69 Å². The van der Waals surface area contributed by atoms with Gasteiger partial charge in [-0.2, -0.15) is 0 Å². The number of benzene rings is 1. The summed E-state index contributed by atoms with van der Waals surface area (Å²) in [6, 6.07) is 3.36. The molecule has 2 rings (SSSR count). The minimum absolute atomic E-state index is 0.205. The van der Waals surface area contributed by atoms with Crippen LogP contribution in [0.1, 0.15) is 43.0 Å². The molecule has 1 aliphatic rings. The van der Waals surface area contributed by atoms with Crippen LogP contribution in [-0.4, -0.2) is 61.6 Å². The number of hydrogen-bond acceptors (Lipinski definition) is 3. The maximum absolute atomic E-state index is 13.5. The van der Waals surface area contributed by atoms with Crippen LogP contribution >= 0.6 is 0 Å². The number of rotatable bonds is 9. The molecule has 1 fully saturated rings. The van der Waals surface area contributed by atoms with Crippen LogP contribution < -0.4 is 0 Å². The summed E-state index contributed by atoms with van der Waals surface area (Å²) >= 11 is 0. The SMILES string of the molecule is CCCCCCN(CCN1CCOCC1)C(=O)c1ccc(F)c(F)c1. The molecule has 0 N–H and O–H groups in total. The second-order valence-electron chi connectivity index (χ2n) is 6.44. The van der Waals surface area contributed by atoms with E-state index in [2.05, 4.69) is 11.8 Å². The Morgan fingerprint density at radius 2 is 1.88 bits per heavy atom. The Morgan fingerprint density at radius 1 is 1.12 bits per heavy atom. The van der Waals surface area contributed by atoms with Crippen molar-refractivity contribution in [3.05, 3.63) is 35.4 Å². The van der Waals surface area contributed by atoms with Crippen molar-refractivity contribution in [2.75, 3.05) is 45.9 Å². The van der Waals surface area contributed by atoms with Crippen LogP contribution in [0.4, 0.5) is 8.78 Å². The fourth-order valence-electron chi connectivity index (χ4n) is 2.94. The normalized spacial score (nSPS) is 15.3. The van der Waals surface area contributed by atoms with Crippen molar-refractivity contribution in [3.8, 4) is 0 Å². The number of carbonyl (C=O) groups excluding carboxylic acids is 1. The summed E-state index contributed by atoms with van der Waals surface area (Å²) in [5, 5.41) is 0. The number of amides is 1. The molecule has 4 nitrogen and oxygen atoms in total. The average Bonchev–Trinajstić information content (AvgIpc) is 2.63. The van der Waals surface area contributed by atoms with Crippen LogP contribution in [-0.2, 0) is 4.74 Å². The van der Waals surface area contributed by atoms with Crippen molar-refractivity contribution >= 4 is 5.91 Å². The van der Waals surface area contributed by atoms with Crippen molar-refractivity contribution in [2.24, 2.45) is 0 Å². The van der Waals surface area contributed by atoms with E-state index >= 15 is 0 Å². The van der Waals surface area contributed by atoms with Crippen LogP contribution in [0.2, 0.25) is 0 Å². The molecule has 140 valence electrons. The second-order valence-corrected chi connectivity index (χ2v) is 6.44. The third-order valence-corrected chi connectivity index (χ3v) is 4.53. The van der Waals surface area contributed by atoms with Gasteiger partial charge in [0.1, 0.15) is 0 Å². The molecule has 0 bridgehead atoms. The third kappa shape index (κ3) is 6.36. The highest BCUT2D eigenvalue weighted by Crippen LogP contribution is 2.13. The minimum atomic E-state index is -0.982. The predicted octanol–water partition coefficient (Wildman–Crippen LogP) is 3.32. The molecular weight excluding hydrogens is 326 g/mol. The summed E-state index contributed by atoms with van der Waals surface area (Å²) in [5.74, 6) is -2.15. The van der Waals surface area contributed by atoms with Gasteiger partial charge in [0.15, 0.2) is 11.6 Å². The third-order valence-electron chi connectivity index (χ3n) is 4.53. The molecule has 0 aromatic heterocycles. The smallest absolute Gasteiger partial charge is 0.254 e. The number of nitrogens with zero attached hydrogens (tertiary/aromatic N) is 2. The molecule has 0 spiro atoms. The van der Waals surface area contributed by atoms with Gasteiger partial charge in [-0.25, -0.2) is 8.78 Å². The monoisotopic (exact) mass is 354 g/mol. The zero-order chi connectivity index (χ0) is 18.1. The molecule has 0 saturated carbocycles. The van der Waals surface area contributed by atoms with Crippen LogP contribution in [0, 0.1) is 11.6 Å². The minimum Gasteiger partial charge on any atom is -0.379 e. The van der Waals surface area contributed by atoms with Crippen molar-refractivity contribution < 1.29 is 18.3 Å². The fraction of sp³-hybridized carbons (Fsp3) is 0.632. The summed E-state index contributed by atoms with van der Waals surface area (Å²) in [7, 11) is 0. The molecule has 0 unspecified atom stereocenters. The van der Waals surface area contributed by atoms with E-state index in [9.17, 15) is 13.6 Å². The van der Waals surface area contributed by atoms with Gasteiger partial charge in [-0.05, 0) is 24.6 Å². The number of morpholine rings is 1. The van der Waals surface area contributed by atoms with Crippen LogP contribution in [0.5, 0.6) is 0 Å². The van der Waals surface area contributed by atoms with Gasteiger partial charge < -0.3 is 9.64 Å². The summed E-state index contributed by atoms with van der Waals surface area (Å²) in [4.78, 5) is 16.8. The Kier molecular flexibility index (Phi) is 8.28. The molecule has 0 atom stereocenters. The lowest BCUT2D eigenvalue weighted by Crippen LogP contribution is -2.43. The van der Waals surface area contributed by atoms with Crippen LogP contribution in [0.25, 0.3) is 0 Å². The largest absolute Gasteiger partial charge is 0.379 e. The maximum atomic E-state index is 13.5. The quantitative estimate of drug-likeness (QED) is 0.638. The second kappa shape index (κ2) is 10.5. The first kappa shape index (κ1) is 19.8. The first-order chi connectivity index (χ1) is 12.1. The van der Waals surface area contributed by atoms with Gasteiger partial charge in [-0.15, -0.1) is 0 Å². The number of hydrogen-bond donors (Lipinski definition) is 0. The highest BCUT2D eigenvalue weighted by molar-refractivity contribution is 5.94. The van der Waals surface area contributed by atoms with Gasteiger partial charge in [0.2, 0.25) is 0 Å². The molecule has 1 aromatic carbocycles. The van der Waals surface area contributed by atoms with E-state index in [1.807, 2.05) is 0 Å². The Bertz CT molecular complexity index is 548. The van der Waals surface area contributed by atoms with E-state index in [1.165, 1.54) is 6.07 Å². The van der Waals surface area contributed by atoms with Crippen molar-refractivity contribution in [3.63, 3.8) is 0 Å². The van der Waals surface area contributed by atoms with Gasteiger partial charge >= 0.3 is 0 Å². The summed E-state index contributed by atoms with van der Waals surface area (Å²) in [5.41, 5.74) is 0.205. The molecule has 1 heterocycles. The highest BCUT2D eigenvalue weighted by Gasteiger charge is 2.19. The summed E-state index contributed by atoms with van der Waals surface area (Å²) < 4.78 is 31.9. The summed E-state index contributed by atoms with van der Waals surface area (Å²) in [6.07, 6.45) is 4.25. The zero-order valence-corrected chi connectivity index (χ0v) is 15.0. The van der Waals surface area contributed by atoms with E-state index in [-0.39, 0.29) is 11.5 Å². The van der Waals surface area contributed by atoms with Crippen molar-refractivity contribution in [1.29, 1.82) is 0 Å². The topological polar surface area (TPSA) is 32.8 Å². The van der Waals surface area contributed by atoms with E-state index in [4.69, 9.17) is 4.74 Å². The van der Waals surface area contributed by atoms with E-state index in [1.54, 1.807) is 4.90 Å². The first-order valence-electron chi connectivity index (χ1n) is 9.16. The lowest BCUT2D eigenvalue weighted by molar-refractivity contribution is 0.0324. The van der Waals surface area contributed by atoms with Crippen molar-refractivity contribution in [2.45, 2.75) is 32.6 Å². The van der Waals surface area contributed by atoms with E-state index in [0.717, 1.165) is 57.5 Å². The van der Waals surface area contributed by atoms with Gasteiger partial charge in [0, 0.05) is 38.3 Å². The standard InChI is InChI=1S/C19H28F2N2O2/c1-2-3-4-5-8-23(10-9-22-11-13-25-14-12-22)19(24)16-6-7-17(20)18(21)15-16/h6-7,15H,2-5,8-14H2,1H3. The van der Waals surface area contributed by atoms with E-state index < -0.39 is 11.6 Å². The number of unbranched alkanes of at least 4 members (excludes halogenated alkanes) is 3.